The van der Waals surface area contributed by atoms with E-state index in [-0.39, 0.29) is 12.2 Å². The van der Waals surface area contributed by atoms with E-state index >= 15 is 0 Å². The Morgan fingerprint density at radius 2 is 1.83 bits per heavy atom. The molecule has 0 unspecified atom stereocenters. The zero-order valence-electron chi connectivity index (χ0n) is 9.98. The van der Waals surface area contributed by atoms with Crippen LogP contribution in [-0.4, -0.2) is 11.1 Å². The normalized spacial score (nSPS) is 10.3. The van der Waals surface area contributed by atoms with Gasteiger partial charge in [-0.15, -0.1) is 0 Å². The van der Waals surface area contributed by atoms with E-state index in [1.54, 1.807) is 12.1 Å². The molecule has 0 fully saturated rings. The van der Waals surface area contributed by atoms with Gasteiger partial charge < -0.3 is 5.11 Å². The molecule has 0 radical (unpaired) electrons. The van der Waals surface area contributed by atoms with E-state index in [1.165, 1.54) is 12.1 Å². The number of aryl methyl sites for hydroxylation is 1. The van der Waals surface area contributed by atoms with Gasteiger partial charge in [-0.1, -0.05) is 35.9 Å². The van der Waals surface area contributed by atoms with E-state index in [4.69, 9.17) is 5.11 Å². The van der Waals surface area contributed by atoms with Crippen LogP contribution < -0.4 is 0 Å². The molecule has 0 aliphatic rings. The highest BCUT2D eigenvalue weighted by Crippen LogP contribution is 2.25. The van der Waals surface area contributed by atoms with Gasteiger partial charge in [0.25, 0.3) is 0 Å². The van der Waals surface area contributed by atoms with E-state index in [0.717, 1.165) is 22.3 Å². The summed E-state index contributed by atoms with van der Waals surface area (Å²) in [5.41, 5.74) is 3.46. The van der Waals surface area contributed by atoms with Crippen LogP contribution in [0.15, 0.2) is 42.5 Å². The summed E-state index contributed by atoms with van der Waals surface area (Å²) in [6.45, 7) is 1.94. The summed E-state index contributed by atoms with van der Waals surface area (Å²) in [4.78, 5) is 10.8. The zero-order valence-corrected chi connectivity index (χ0v) is 9.98. The average Bonchev–Trinajstić information content (AvgIpc) is 2.32. The predicted octanol–water partition coefficient (Wildman–Crippen LogP) is 3.43. The first kappa shape index (κ1) is 12.3. The first-order valence-corrected chi connectivity index (χ1v) is 5.63. The van der Waals surface area contributed by atoms with Crippen molar-refractivity contribution >= 4 is 5.97 Å². The lowest BCUT2D eigenvalue weighted by Gasteiger charge is -2.09. The summed E-state index contributed by atoms with van der Waals surface area (Å²) >= 11 is 0. The molecule has 2 aromatic rings. The molecule has 0 atom stereocenters. The van der Waals surface area contributed by atoms with Crippen LogP contribution in [0.3, 0.4) is 0 Å². The third kappa shape index (κ3) is 2.74. The number of carboxylic acids is 1. The van der Waals surface area contributed by atoms with Gasteiger partial charge >= 0.3 is 5.97 Å². The lowest BCUT2D eigenvalue weighted by Crippen LogP contribution is -2.02. The van der Waals surface area contributed by atoms with Gasteiger partial charge in [-0.2, -0.15) is 0 Å². The standard InChI is InChI=1S/C15H13FO2/c1-10-2-3-12(9-15(17)18)14(8-10)11-4-6-13(16)7-5-11/h2-8H,9H2,1H3,(H,17,18). The molecule has 1 N–H and O–H groups in total. The number of hydrogen-bond acceptors (Lipinski definition) is 1. The third-order valence-corrected chi connectivity index (χ3v) is 2.76. The largest absolute Gasteiger partial charge is 0.481 e. The molecule has 0 heterocycles. The molecular weight excluding hydrogens is 231 g/mol. The second kappa shape index (κ2) is 5.00. The Morgan fingerprint density at radius 3 is 2.44 bits per heavy atom. The number of hydrogen-bond donors (Lipinski definition) is 1. The van der Waals surface area contributed by atoms with Gasteiger partial charge in [0.1, 0.15) is 5.82 Å². The van der Waals surface area contributed by atoms with Gasteiger partial charge in [0, 0.05) is 0 Å². The summed E-state index contributed by atoms with van der Waals surface area (Å²) in [7, 11) is 0. The summed E-state index contributed by atoms with van der Waals surface area (Å²) in [5.74, 6) is -1.17. The fourth-order valence-electron chi connectivity index (χ4n) is 1.91. The molecule has 0 bridgehead atoms. The summed E-state index contributed by atoms with van der Waals surface area (Å²) in [6, 6.07) is 11.7. The van der Waals surface area contributed by atoms with Crippen molar-refractivity contribution < 1.29 is 14.3 Å². The molecule has 0 saturated carbocycles. The number of carbonyl (C=O) groups is 1. The molecular formula is C15H13FO2. The van der Waals surface area contributed by atoms with Gasteiger partial charge in [-0.05, 0) is 35.7 Å². The Kier molecular flexibility index (Phi) is 3.42. The number of benzene rings is 2. The molecule has 2 aromatic carbocycles. The monoisotopic (exact) mass is 244 g/mol. The van der Waals surface area contributed by atoms with Gasteiger partial charge in [-0.25, -0.2) is 4.39 Å². The van der Waals surface area contributed by atoms with Crippen LogP contribution in [0, 0.1) is 12.7 Å². The van der Waals surface area contributed by atoms with Crippen molar-refractivity contribution in [2.75, 3.05) is 0 Å². The van der Waals surface area contributed by atoms with Gasteiger partial charge in [-0.3, -0.25) is 4.79 Å². The molecule has 0 aromatic heterocycles. The summed E-state index contributed by atoms with van der Waals surface area (Å²) in [6.07, 6.45) is -0.0347. The third-order valence-electron chi connectivity index (χ3n) is 2.76. The number of halogens is 1. The fraction of sp³-hybridized carbons (Fsp3) is 0.133. The first-order chi connectivity index (χ1) is 8.56. The van der Waals surface area contributed by atoms with E-state index in [2.05, 4.69) is 0 Å². The summed E-state index contributed by atoms with van der Waals surface area (Å²) < 4.78 is 12.9. The molecule has 0 saturated heterocycles. The van der Waals surface area contributed by atoms with E-state index in [9.17, 15) is 9.18 Å². The minimum atomic E-state index is -0.873. The van der Waals surface area contributed by atoms with Crippen LogP contribution in [0.25, 0.3) is 11.1 Å². The second-order valence-corrected chi connectivity index (χ2v) is 4.24. The van der Waals surface area contributed by atoms with Crippen molar-refractivity contribution in [1.29, 1.82) is 0 Å². The maximum atomic E-state index is 12.9. The molecule has 0 aliphatic heterocycles. The smallest absolute Gasteiger partial charge is 0.307 e. The van der Waals surface area contributed by atoms with E-state index in [0.29, 0.717) is 0 Å². The quantitative estimate of drug-likeness (QED) is 0.898. The Labute approximate surface area is 105 Å². The van der Waals surface area contributed by atoms with Crippen LogP contribution in [0.5, 0.6) is 0 Å². The maximum Gasteiger partial charge on any atom is 0.307 e. The summed E-state index contributed by atoms with van der Waals surface area (Å²) in [5, 5.41) is 8.89. The number of aliphatic carboxylic acids is 1. The highest BCUT2D eigenvalue weighted by atomic mass is 19.1. The second-order valence-electron chi connectivity index (χ2n) is 4.24. The van der Waals surface area contributed by atoms with Crippen LogP contribution in [0.4, 0.5) is 4.39 Å². The van der Waals surface area contributed by atoms with Crippen molar-refractivity contribution in [2.24, 2.45) is 0 Å². The van der Waals surface area contributed by atoms with Crippen molar-refractivity contribution in [1.82, 2.24) is 0 Å². The fourth-order valence-corrected chi connectivity index (χ4v) is 1.91. The number of carboxylic acid groups (broad SMARTS) is 1. The zero-order chi connectivity index (χ0) is 13.1. The average molecular weight is 244 g/mol. The lowest BCUT2D eigenvalue weighted by atomic mass is 9.96. The van der Waals surface area contributed by atoms with E-state index in [1.807, 2.05) is 25.1 Å². The topological polar surface area (TPSA) is 37.3 Å². The molecule has 0 amide bonds. The van der Waals surface area contributed by atoms with Crippen LogP contribution in [-0.2, 0) is 11.2 Å². The Hall–Kier alpha value is -2.16. The predicted molar refractivity (Wildman–Crippen MR) is 67.9 cm³/mol. The van der Waals surface area contributed by atoms with Crippen LogP contribution in [0.1, 0.15) is 11.1 Å². The van der Waals surface area contributed by atoms with Crippen molar-refractivity contribution in [3.8, 4) is 11.1 Å². The molecule has 92 valence electrons. The number of rotatable bonds is 3. The van der Waals surface area contributed by atoms with Crippen LogP contribution in [0.2, 0.25) is 0 Å². The Morgan fingerprint density at radius 1 is 1.17 bits per heavy atom. The van der Waals surface area contributed by atoms with Crippen molar-refractivity contribution in [3.63, 3.8) is 0 Å². The van der Waals surface area contributed by atoms with Gasteiger partial charge in [0.05, 0.1) is 6.42 Å². The maximum absolute atomic E-state index is 12.9. The Bertz CT molecular complexity index is 574. The van der Waals surface area contributed by atoms with E-state index < -0.39 is 5.97 Å². The lowest BCUT2D eigenvalue weighted by molar-refractivity contribution is -0.136. The molecule has 0 aliphatic carbocycles. The minimum Gasteiger partial charge on any atom is -0.481 e. The Balaban J connectivity index is 2.50. The molecule has 2 rings (SSSR count). The van der Waals surface area contributed by atoms with Gasteiger partial charge in [0.2, 0.25) is 0 Å². The highest BCUT2D eigenvalue weighted by molar-refractivity contribution is 5.77. The first-order valence-electron chi connectivity index (χ1n) is 5.63. The van der Waals surface area contributed by atoms with Crippen molar-refractivity contribution in [2.45, 2.75) is 13.3 Å². The molecule has 2 nitrogen and oxygen atoms in total. The SMILES string of the molecule is Cc1ccc(CC(=O)O)c(-c2ccc(F)cc2)c1. The highest BCUT2D eigenvalue weighted by Gasteiger charge is 2.09. The molecule has 18 heavy (non-hydrogen) atoms. The van der Waals surface area contributed by atoms with Crippen LogP contribution >= 0.6 is 0 Å². The minimum absolute atomic E-state index is 0.0347. The molecule has 0 spiro atoms. The van der Waals surface area contributed by atoms with Crippen molar-refractivity contribution in [3.05, 3.63) is 59.4 Å². The van der Waals surface area contributed by atoms with Gasteiger partial charge in [0.15, 0.2) is 0 Å². The molecule has 3 heteroatoms.